The Balaban J connectivity index is 2.19. The number of thiophene rings is 1. The first-order valence-corrected chi connectivity index (χ1v) is 9.52. The molecule has 1 unspecified atom stereocenters. The quantitative estimate of drug-likeness (QED) is 0.896. The second-order valence-electron chi connectivity index (χ2n) is 6.04. The van der Waals surface area contributed by atoms with Crippen molar-refractivity contribution in [3.63, 3.8) is 0 Å². The molecule has 0 aromatic carbocycles. The van der Waals surface area contributed by atoms with Crippen molar-refractivity contribution in [2.45, 2.75) is 50.2 Å². The highest BCUT2D eigenvalue weighted by molar-refractivity contribution is 7.91. The van der Waals surface area contributed by atoms with Gasteiger partial charge in [-0.15, -0.1) is 11.3 Å². The lowest BCUT2D eigenvalue weighted by Gasteiger charge is -2.40. The van der Waals surface area contributed by atoms with E-state index < -0.39 is 15.6 Å². The fourth-order valence-corrected chi connectivity index (χ4v) is 5.58. The van der Waals surface area contributed by atoms with Crippen molar-refractivity contribution in [3.8, 4) is 0 Å². The maximum atomic E-state index is 12.8. The number of sulfonamides is 1. The van der Waals surface area contributed by atoms with Gasteiger partial charge in [-0.25, -0.2) is 8.42 Å². The second-order valence-corrected chi connectivity index (χ2v) is 9.12. The Morgan fingerprint density at radius 1 is 1.52 bits per heavy atom. The Bertz CT molecular complexity index is 581. The van der Waals surface area contributed by atoms with Crippen LogP contribution in [0.5, 0.6) is 0 Å². The van der Waals surface area contributed by atoms with Gasteiger partial charge in [0.15, 0.2) is 0 Å². The Morgan fingerprint density at radius 3 is 2.86 bits per heavy atom. The largest absolute Gasteiger partial charge is 0.370 e. The molecule has 0 spiro atoms. The van der Waals surface area contributed by atoms with Crippen molar-refractivity contribution in [1.29, 1.82) is 0 Å². The predicted octanol–water partition coefficient (Wildman–Crippen LogP) is 2.05. The van der Waals surface area contributed by atoms with Crippen LogP contribution >= 0.6 is 11.3 Å². The van der Waals surface area contributed by atoms with Gasteiger partial charge >= 0.3 is 0 Å². The van der Waals surface area contributed by atoms with Crippen molar-refractivity contribution < 1.29 is 13.2 Å². The molecule has 2 heterocycles. The molecule has 1 aromatic rings. The van der Waals surface area contributed by atoms with Crippen LogP contribution in [0.15, 0.2) is 15.7 Å². The minimum Gasteiger partial charge on any atom is -0.370 e. The van der Waals surface area contributed by atoms with Crippen LogP contribution in [0.2, 0.25) is 0 Å². The maximum Gasteiger partial charge on any atom is 0.252 e. The highest BCUT2D eigenvalue weighted by atomic mass is 32.2. The standard InChI is InChI=1S/C14H24N2O3S2/c1-5-15-7-12-6-13(20-9-12)21(17,18)16-8-11(2)19-14(3,4)10-16/h6,9,11,15H,5,7-8,10H2,1-4H3. The van der Waals surface area contributed by atoms with Crippen LogP contribution in [-0.4, -0.2) is 44.1 Å². The summed E-state index contributed by atoms with van der Waals surface area (Å²) in [6, 6.07) is 1.77. The Kier molecular flexibility index (Phi) is 5.10. The minimum absolute atomic E-state index is 0.0929. The summed E-state index contributed by atoms with van der Waals surface area (Å²) in [6.07, 6.45) is -0.0929. The molecule has 0 amide bonds. The predicted molar refractivity (Wildman–Crippen MR) is 85.1 cm³/mol. The van der Waals surface area contributed by atoms with Gasteiger partial charge in [0.05, 0.1) is 11.7 Å². The molecule has 21 heavy (non-hydrogen) atoms. The van der Waals surface area contributed by atoms with E-state index in [0.29, 0.717) is 23.8 Å². The van der Waals surface area contributed by atoms with E-state index in [-0.39, 0.29) is 6.10 Å². The zero-order valence-corrected chi connectivity index (χ0v) is 14.7. The van der Waals surface area contributed by atoms with Crippen LogP contribution < -0.4 is 5.32 Å². The Hall–Kier alpha value is -0.470. The first-order valence-electron chi connectivity index (χ1n) is 7.21. The van der Waals surface area contributed by atoms with Crippen molar-refractivity contribution in [3.05, 3.63) is 17.0 Å². The highest BCUT2D eigenvalue weighted by Crippen LogP contribution is 2.29. The second kappa shape index (κ2) is 6.34. The molecule has 1 fully saturated rings. The molecule has 0 bridgehead atoms. The average Bonchev–Trinajstić information content (AvgIpc) is 2.83. The molecule has 120 valence electrons. The van der Waals surface area contributed by atoms with Gasteiger partial charge in [0, 0.05) is 19.6 Å². The summed E-state index contributed by atoms with van der Waals surface area (Å²) >= 11 is 1.29. The first kappa shape index (κ1) is 16.9. The fourth-order valence-electron chi connectivity index (χ4n) is 2.56. The lowest BCUT2D eigenvalue weighted by atomic mass is 10.1. The van der Waals surface area contributed by atoms with E-state index in [1.165, 1.54) is 11.3 Å². The van der Waals surface area contributed by atoms with Gasteiger partial charge in [-0.3, -0.25) is 0 Å². The molecule has 1 aliphatic heterocycles. The van der Waals surface area contributed by atoms with Crippen molar-refractivity contribution in [2.24, 2.45) is 0 Å². The monoisotopic (exact) mass is 332 g/mol. The van der Waals surface area contributed by atoms with Crippen LogP contribution in [-0.2, 0) is 21.3 Å². The minimum atomic E-state index is -3.43. The van der Waals surface area contributed by atoms with Crippen molar-refractivity contribution in [1.82, 2.24) is 9.62 Å². The molecular formula is C14H24N2O3S2. The third kappa shape index (κ3) is 4.04. The van der Waals surface area contributed by atoms with E-state index in [1.807, 2.05) is 33.1 Å². The summed E-state index contributed by atoms with van der Waals surface area (Å²) < 4.78 is 33.3. The molecule has 1 saturated heterocycles. The van der Waals surface area contributed by atoms with E-state index >= 15 is 0 Å². The molecule has 1 aliphatic rings. The van der Waals surface area contributed by atoms with Crippen LogP contribution in [0, 0.1) is 0 Å². The summed E-state index contributed by atoms with van der Waals surface area (Å²) in [5.41, 5.74) is 0.565. The first-order chi connectivity index (χ1) is 9.74. The van der Waals surface area contributed by atoms with Crippen LogP contribution in [0.4, 0.5) is 0 Å². The van der Waals surface area contributed by atoms with Crippen LogP contribution in [0.1, 0.15) is 33.3 Å². The SMILES string of the molecule is CCNCc1csc(S(=O)(=O)N2CC(C)OC(C)(C)C2)c1. The molecule has 2 rings (SSSR count). The third-order valence-corrected chi connectivity index (χ3v) is 6.62. The van der Waals surface area contributed by atoms with E-state index in [1.54, 1.807) is 10.4 Å². The van der Waals surface area contributed by atoms with Crippen molar-refractivity contribution in [2.75, 3.05) is 19.6 Å². The van der Waals surface area contributed by atoms with Gasteiger partial charge in [-0.1, -0.05) is 6.92 Å². The summed E-state index contributed by atoms with van der Waals surface area (Å²) in [4.78, 5) is 0. The highest BCUT2D eigenvalue weighted by Gasteiger charge is 2.38. The van der Waals surface area contributed by atoms with Crippen molar-refractivity contribution >= 4 is 21.4 Å². The topological polar surface area (TPSA) is 58.6 Å². The molecule has 0 radical (unpaired) electrons. The summed E-state index contributed by atoms with van der Waals surface area (Å²) in [7, 11) is -3.43. The number of hydrogen-bond acceptors (Lipinski definition) is 5. The van der Waals surface area contributed by atoms with Gasteiger partial charge < -0.3 is 10.1 Å². The average molecular weight is 332 g/mol. The van der Waals surface area contributed by atoms with E-state index in [0.717, 1.165) is 12.1 Å². The molecule has 7 heteroatoms. The fraction of sp³-hybridized carbons (Fsp3) is 0.714. The summed E-state index contributed by atoms with van der Waals surface area (Å²) in [5.74, 6) is 0. The van der Waals surface area contributed by atoms with E-state index in [4.69, 9.17) is 4.74 Å². The van der Waals surface area contributed by atoms with Gasteiger partial charge in [0.25, 0.3) is 10.0 Å². The van der Waals surface area contributed by atoms with Gasteiger partial charge in [-0.05, 0) is 44.3 Å². The number of morpholine rings is 1. The molecule has 1 aromatic heterocycles. The smallest absolute Gasteiger partial charge is 0.252 e. The Labute approximate surface area is 131 Å². The van der Waals surface area contributed by atoms with Gasteiger partial charge in [-0.2, -0.15) is 4.31 Å². The lowest BCUT2D eigenvalue weighted by Crippen LogP contribution is -2.53. The number of hydrogen-bond donors (Lipinski definition) is 1. The van der Waals surface area contributed by atoms with Gasteiger partial charge in [0.1, 0.15) is 4.21 Å². The summed E-state index contributed by atoms with van der Waals surface area (Å²) in [6.45, 7) is 10.2. The maximum absolute atomic E-state index is 12.8. The Morgan fingerprint density at radius 2 is 2.24 bits per heavy atom. The van der Waals surface area contributed by atoms with Crippen LogP contribution in [0.3, 0.4) is 0 Å². The molecular weight excluding hydrogens is 308 g/mol. The van der Waals surface area contributed by atoms with Crippen LogP contribution in [0.25, 0.3) is 0 Å². The van der Waals surface area contributed by atoms with E-state index in [9.17, 15) is 8.42 Å². The molecule has 1 N–H and O–H groups in total. The lowest BCUT2D eigenvalue weighted by molar-refractivity contribution is -0.109. The third-order valence-electron chi connectivity index (χ3n) is 3.34. The number of ether oxygens (including phenoxy) is 1. The molecule has 5 nitrogen and oxygen atoms in total. The summed E-state index contributed by atoms with van der Waals surface area (Å²) in [5, 5.41) is 5.11. The zero-order valence-electron chi connectivity index (χ0n) is 13.0. The number of nitrogens with one attached hydrogen (secondary N) is 1. The zero-order chi connectivity index (χ0) is 15.7. The number of rotatable bonds is 5. The molecule has 1 atom stereocenters. The number of nitrogens with zero attached hydrogens (tertiary/aromatic N) is 1. The molecule has 0 aliphatic carbocycles. The van der Waals surface area contributed by atoms with E-state index in [2.05, 4.69) is 5.32 Å². The normalized spacial score (nSPS) is 23.3. The van der Waals surface area contributed by atoms with Gasteiger partial charge in [0.2, 0.25) is 0 Å². The molecule has 0 saturated carbocycles.